The van der Waals surface area contributed by atoms with Crippen LogP contribution in [0, 0.1) is 5.82 Å². The SMILES string of the molecule is CN1CCC(N(C)Cc2ccc(C(N)=S)cc2F)CC1. The maximum Gasteiger partial charge on any atom is 0.128 e. The Labute approximate surface area is 125 Å². The molecule has 110 valence electrons. The zero-order valence-electron chi connectivity index (χ0n) is 12.1. The van der Waals surface area contributed by atoms with Crippen molar-refractivity contribution in [2.75, 3.05) is 27.2 Å². The van der Waals surface area contributed by atoms with E-state index in [1.807, 2.05) is 0 Å². The molecule has 1 aromatic rings. The van der Waals surface area contributed by atoms with Crippen LogP contribution in [-0.2, 0) is 6.54 Å². The quantitative estimate of drug-likeness (QED) is 0.861. The summed E-state index contributed by atoms with van der Waals surface area (Å²) in [4.78, 5) is 4.81. The van der Waals surface area contributed by atoms with E-state index < -0.39 is 0 Å². The molecule has 0 aliphatic carbocycles. The fraction of sp³-hybridized carbons (Fsp3) is 0.533. The Morgan fingerprint density at radius 2 is 2.10 bits per heavy atom. The van der Waals surface area contributed by atoms with Crippen molar-refractivity contribution in [1.82, 2.24) is 9.80 Å². The number of rotatable bonds is 4. The summed E-state index contributed by atoms with van der Waals surface area (Å²) >= 11 is 4.86. The highest BCUT2D eigenvalue weighted by atomic mass is 32.1. The molecule has 5 heteroatoms. The van der Waals surface area contributed by atoms with Crippen molar-refractivity contribution in [3.63, 3.8) is 0 Å². The Balaban J connectivity index is 2.00. The largest absolute Gasteiger partial charge is 0.389 e. The number of thiocarbonyl (C=S) groups is 1. The summed E-state index contributed by atoms with van der Waals surface area (Å²) in [7, 11) is 4.21. The van der Waals surface area contributed by atoms with Gasteiger partial charge in [-0.15, -0.1) is 0 Å². The van der Waals surface area contributed by atoms with E-state index in [9.17, 15) is 4.39 Å². The molecule has 0 unspecified atom stereocenters. The predicted octanol–water partition coefficient (Wildman–Crippen LogP) is 1.99. The molecule has 0 radical (unpaired) electrons. The number of hydrogen-bond acceptors (Lipinski definition) is 3. The predicted molar refractivity (Wildman–Crippen MR) is 84.3 cm³/mol. The van der Waals surface area contributed by atoms with Crippen LogP contribution in [0.4, 0.5) is 4.39 Å². The molecule has 2 rings (SSSR count). The number of likely N-dealkylation sites (tertiary alicyclic amines) is 1. The van der Waals surface area contributed by atoms with Crippen LogP contribution in [0.25, 0.3) is 0 Å². The number of nitrogens with zero attached hydrogens (tertiary/aromatic N) is 2. The minimum absolute atomic E-state index is 0.227. The first-order chi connectivity index (χ1) is 9.47. The second kappa shape index (κ2) is 6.61. The molecular weight excluding hydrogens is 273 g/mol. The van der Waals surface area contributed by atoms with Crippen molar-refractivity contribution in [3.8, 4) is 0 Å². The third-order valence-electron chi connectivity index (χ3n) is 4.07. The third-order valence-corrected chi connectivity index (χ3v) is 4.30. The molecule has 1 aromatic carbocycles. The topological polar surface area (TPSA) is 32.5 Å². The Bertz CT molecular complexity index is 484. The maximum atomic E-state index is 14.0. The van der Waals surface area contributed by atoms with Gasteiger partial charge in [-0.1, -0.05) is 24.4 Å². The average molecular weight is 295 g/mol. The van der Waals surface area contributed by atoms with Crippen LogP contribution in [-0.4, -0.2) is 48.0 Å². The minimum Gasteiger partial charge on any atom is -0.389 e. The van der Waals surface area contributed by atoms with Gasteiger partial charge in [0.05, 0.1) is 0 Å². The number of piperidine rings is 1. The van der Waals surface area contributed by atoms with Crippen LogP contribution in [0.5, 0.6) is 0 Å². The fourth-order valence-electron chi connectivity index (χ4n) is 2.66. The van der Waals surface area contributed by atoms with Crippen molar-refractivity contribution in [2.45, 2.75) is 25.4 Å². The normalized spacial score (nSPS) is 17.6. The Kier molecular flexibility index (Phi) is 5.07. The van der Waals surface area contributed by atoms with Crippen LogP contribution in [0.1, 0.15) is 24.0 Å². The van der Waals surface area contributed by atoms with Gasteiger partial charge in [-0.2, -0.15) is 0 Å². The van der Waals surface area contributed by atoms with Crippen LogP contribution < -0.4 is 5.73 Å². The molecule has 1 saturated heterocycles. The molecule has 20 heavy (non-hydrogen) atoms. The van der Waals surface area contributed by atoms with E-state index in [0.29, 0.717) is 23.7 Å². The van der Waals surface area contributed by atoms with E-state index >= 15 is 0 Å². The van der Waals surface area contributed by atoms with E-state index in [2.05, 4.69) is 23.9 Å². The number of benzene rings is 1. The van der Waals surface area contributed by atoms with Crippen molar-refractivity contribution >= 4 is 17.2 Å². The van der Waals surface area contributed by atoms with Gasteiger partial charge in [0, 0.05) is 23.7 Å². The second-order valence-electron chi connectivity index (χ2n) is 5.62. The molecule has 0 bridgehead atoms. The van der Waals surface area contributed by atoms with Crippen molar-refractivity contribution < 1.29 is 4.39 Å². The van der Waals surface area contributed by atoms with Crippen molar-refractivity contribution in [1.29, 1.82) is 0 Å². The first-order valence-electron chi connectivity index (χ1n) is 6.94. The first kappa shape index (κ1) is 15.4. The smallest absolute Gasteiger partial charge is 0.128 e. The lowest BCUT2D eigenvalue weighted by molar-refractivity contribution is 0.138. The molecule has 0 atom stereocenters. The molecule has 0 amide bonds. The standard InChI is InChI=1S/C15H22FN3S/c1-18-7-5-13(6-8-18)19(2)10-12-4-3-11(15(17)20)9-14(12)16/h3-4,9,13H,5-8,10H2,1-2H3,(H2,17,20). The third kappa shape index (κ3) is 3.75. The van der Waals surface area contributed by atoms with Gasteiger partial charge in [0.2, 0.25) is 0 Å². The summed E-state index contributed by atoms with van der Waals surface area (Å²) in [5, 5.41) is 0. The summed E-state index contributed by atoms with van der Waals surface area (Å²) in [6.45, 7) is 2.84. The molecule has 1 aliphatic rings. The summed E-state index contributed by atoms with van der Waals surface area (Å²) in [5.74, 6) is -0.227. The molecule has 0 saturated carbocycles. The van der Waals surface area contributed by atoms with E-state index in [4.69, 9.17) is 18.0 Å². The van der Waals surface area contributed by atoms with Gasteiger partial charge < -0.3 is 10.6 Å². The molecule has 0 spiro atoms. The molecular formula is C15H22FN3S. The molecule has 1 aliphatic heterocycles. The summed E-state index contributed by atoms with van der Waals surface area (Å²) in [6.07, 6.45) is 2.28. The van der Waals surface area contributed by atoms with Gasteiger partial charge in [-0.3, -0.25) is 4.90 Å². The highest BCUT2D eigenvalue weighted by molar-refractivity contribution is 7.80. The van der Waals surface area contributed by atoms with Gasteiger partial charge in [0.15, 0.2) is 0 Å². The van der Waals surface area contributed by atoms with E-state index in [0.717, 1.165) is 25.9 Å². The summed E-state index contributed by atoms with van der Waals surface area (Å²) in [5.41, 5.74) is 6.80. The van der Waals surface area contributed by atoms with Crippen molar-refractivity contribution in [2.24, 2.45) is 5.73 Å². The number of hydrogen-bond donors (Lipinski definition) is 1. The van der Waals surface area contributed by atoms with Gasteiger partial charge in [0.1, 0.15) is 10.8 Å². The molecule has 1 fully saturated rings. The van der Waals surface area contributed by atoms with Crippen LogP contribution in [0.2, 0.25) is 0 Å². The summed E-state index contributed by atoms with van der Waals surface area (Å²) < 4.78 is 14.0. The number of halogens is 1. The molecule has 3 nitrogen and oxygen atoms in total. The van der Waals surface area contributed by atoms with Crippen LogP contribution in [0.3, 0.4) is 0 Å². The lowest BCUT2D eigenvalue weighted by Gasteiger charge is -2.35. The maximum absolute atomic E-state index is 14.0. The van der Waals surface area contributed by atoms with Crippen LogP contribution >= 0.6 is 12.2 Å². The van der Waals surface area contributed by atoms with Gasteiger partial charge in [-0.25, -0.2) is 4.39 Å². The first-order valence-corrected chi connectivity index (χ1v) is 7.35. The average Bonchev–Trinajstić information content (AvgIpc) is 2.41. The zero-order valence-corrected chi connectivity index (χ0v) is 12.9. The van der Waals surface area contributed by atoms with Gasteiger partial charge >= 0.3 is 0 Å². The monoisotopic (exact) mass is 295 g/mol. The summed E-state index contributed by atoms with van der Waals surface area (Å²) in [6, 6.07) is 5.54. The highest BCUT2D eigenvalue weighted by Crippen LogP contribution is 2.18. The molecule has 0 aromatic heterocycles. The van der Waals surface area contributed by atoms with E-state index in [-0.39, 0.29) is 10.8 Å². The second-order valence-corrected chi connectivity index (χ2v) is 6.06. The molecule has 2 N–H and O–H groups in total. The Hall–Kier alpha value is -1.04. The lowest BCUT2D eigenvalue weighted by Crippen LogP contribution is -2.41. The van der Waals surface area contributed by atoms with Gasteiger partial charge in [0.25, 0.3) is 0 Å². The number of nitrogens with two attached hydrogens (primary N) is 1. The highest BCUT2D eigenvalue weighted by Gasteiger charge is 2.21. The minimum atomic E-state index is -0.227. The van der Waals surface area contributed by atoms with Crippen LogP contribution in [0.15, 0.2) is 18.2 Å². The lowest BCUT2D eigenvalue weighted by atomic mass is 10.0. The van der Waals surface area contributed by atoms with Gasteiger partial charge in [-0.05, 0) is 46.1 Å². The Morgan fingerprint density at radius 1 is 1.45 bits per heavy atom. The Morgan fingerprint density at radius 3 is 2.65 bits per heavy atom. The molecule has 1 heterocycles. The van der Waals surface area contributed by atoms with Crippen molar-refractivity contribution in [3.05, 3.63) is 35.1 Å². The van der Waals surface area contributed by atoms with E-state index in [1.54, 1.807) is 12.1 Å². The van der Waals surface area contributed by atoms with E-state index in [1.165, 1.54) is 6.07 Å². The zero-order chi connectivity index (χ0) is 14.7. The fourth-order valence-corrected chi connectivity index (χ4v) is 2.79.